The maximum Gasteiger partial charge on any atom is 0.245 e. The van der Waals surface area contributed by atoms with E-state index in [4.69, 9.17) is 10.5 Å². The number of ether oxygens (including phenoxy) is 1. The molecule has 0 heterocycles. The molecule has 0 spiro atoms. The second kappa shape index (κ2) is 7.74. The Morgan fingerprint density at radius 1 is 1.08 bits per heavy atom. The molecule has 1 amide bonds. The number of carbonyl (C=O) groups is 1. The number of methoxy groups -OCH3 is 1. The first-order chi connectivity index (χ1) is 11.3. The molecule has 0 aliphatic rings. The zero-order valence-corrected chi connectivity index (χ0v) is 15.8. The van der Waals surface area contributed by atoms with Gasteiger partial charge < -0.3 is 15.8 Å². The first-order valence-corrected chi connectivity index (χ1v) is 11.6. The van der Waals surface area contributed by atoms with Crippen LogP contribution in [0.15, 0.2) is 48.5 Å². The number of amides is 1. The number of carbonyl (C=O) groups excluding carboxylic acids is 1. The number of nitrogens with one attached hydrogen (secondary N) is 1. The van der Waals surface area contributed by atoms with Gasteiger partial charge in [-0.25, -0.2) is 0 Å². The van der Waals surface area contributed by atoms with Gasteiger partial charge in [0.15, 0.2) is 0 Å². The molecule has 0 aliphatic carbocycles. The quantitative estimate of drug-likeness (QED) is 0.793. The van der Waals surface area contributed by atoms with E-state index in [0.717, 1.165) is 16.8 Å². The van der Waals surface area contributed by atoms with E-state index in [2.05, 4.69) is 37.1 Å². The largest absolute Gasteiger partial charge is 0.380 e. The average molecular weight is 343 g/mol. The molecule has 4 nitrogen and oxygen atoms in total. The molecular weight excluding hydrogens is 316 g/mol. The normalized spacial score (nSPS) is 12.7. The molecular formula is C19H26N2O2Si. The molecule has 0 aliphatic heterocycles. The molecule has 24 heavy (non-hydrogen) atoms. The highest BCUT2D eigenvalue weighted by molar-refractivity contribution is 6.88. The summed E-state index contributed by atoms with van der Waals surface area (Å²) in [7, 11) is 0.323. The van der Waals surface area contributed by atoms with E-state index in [9.17, 15) is 4.79 Å². The van der Waals surface area contributed by atoms with Crippen molar-refractivity contribution >= 4 is 24.9 Å². The molecule has 1 atom stereocenters. The number of rotatable bonds is 6. The van der Waals surface area contributed by atoms with E-state index in [0.29, 0.717) is 6.61 Å². The predicted molar refractivity (Wildman–Crippen MR) is 102 cm³/mol. The minimum Gasteiger partial charge on any atom is -0.380 e. The van der Waals surface area contributed by atoms with Gasteiger partial charge >= 0.3 is 0 Å². The second-order valence-corrected chi connectivity index (χ2v) is 12.0. The lowest BCUT2D eigenvalue weighted by Gasteiger charge is -2.17. The smallest absolute Gasteiger partial charge is 0.245 e. The number of anilines is 1. The third kappa shape index (κ3) is 4.77. The summed E-state index contributed by atoms with van der Waals surface area (Å²) in [6.45, 7) is 7.43. The highest BCUT2D eigenvalue weighted by Gasteiger charge is 2.18. The Morgan fingerprint density at radius 2 is 1.67 bits per heavy atom. The van der Waals surface area contributed by atoms with Crippen LogP contribution in [0, 0.1) is 0 Å². The van der Waals surface area contributed by atoms with Crippen molar-refractivity contribution in [3.63, 3.8) is 0 Å². The van der Waals surface area contributed by atoms with Crippen LogP contribution in [0.1, 0.15) is 17.2 Å². The topological polar surface area (TPSA) is 64.3 Å². The van der Waals surface area contributed by atoms with E-state index < -0.39 is 14.1 Å². The van der Waals surface area contributed by atoms with Crippen LogP contribution in [0.4, 0.5) is 5.69 Å². The van der Waals surface area contributed by atoms with Crippen molar-refractivity contribution in [3.8, 4) is 0 Å². The third-order valence-electron chi connectivity index (χ3n) is 3.95. The van der Waals surface area contributed by atoms with Crippen molar-refractivity contribution in [1.82, 2.24) is 0 Å². The Hall–Kier alpha value is -1.95. The second-order valence-electron chi connectivity index (χ2n) is 6.97. The fourth-order valence-corrected chi connectivity index (χ4v) is 3.58. The van der Waals surface area contributed by atoms with Gasteiger partial charge in [-0.1, -0.05) is 61.2 Å². The van der Waals surface area contributed by atoms with Gasteiger partial charge in [-0.15, -0.1) is 0 Å². The maximum atomic E-state index is 12.4. The van der Waals surface area contributed by atoms with E-state index in [1.807, 2.05) is 36.4 Å². The van der Waals surface area contributed by atoms with Crippen molar-refractivity contribution in [2.75, 3.05) is 12.4 Å². The molecule has 128 valence electrons. The monoisotopic (exact) mass is 342 g/mol. The lowest BCUT2D eigenvalue weighted by atomic mass is 10.0. The SMILES string of the molecule is COCc1ccc([C@@H](N)C(=O)Nc2ccc([Si](C)(C)C)cc2)cc1. The van der Waals surface area contributed by atoms with Gasteiger partial charge in [0.2, 0.25) is 5.91 Å². The molecule has 0 saturated heterocycles. The summed E-state index contributed by atoms with van der Waals surface area (Å²) in [4.78, 5) is 12.4. The van der Waals surface area contributed by atoms with E-state index in [-0.39, 0.29) is 5.91 Å². The minimum atomic E-state index is -1.33. The van der Waals surface area contributed by atoms with Crippen LogP contribution in [0.2, 0.25) is 19.6 Å². The summed E-state index contributed by atoms with van der Waals surface area (Å²) in [6, 6.07) is 15.0. The molecule has 3 N–H and O–H groups in total. The molecule has 2 rings (SSSR count). The van der Waals surface area contributed by atoms with Crippen molar-refractivity contribution in [3.05, 3.63) is 59.7 Å². The Balaban J connectivity index is 2.03. The summed E-state index contributed by atoms with van der Waals surface area (Å²) in [6.07, 6.45) is 0. The standard InChI is InChI=1S/C19H26N2O2Si/c1-23-13-14-5-7-15(8-6-14)18(20)19(22)21-16-9-11-17(12-10-16)24(2,3)4/h5-12,18H,13,20H2,1-4H3,(H,21,22)/t18-/m1/s1. The first-order valence-electron chi connectivity index (χ1n) is 8.06. The Morgan fingerprint density at radius 3 is 2.17 bits per heavy atom. The summed E-state index contributed by atoms with van der Waals surface area (Å²) in [5, 5.41) is 4.25. The highest BCUT2D eigenvalue weighted by atomic mass is 28.3. The predicted octanol–water partition coefficient (Wildman–Crippen LogP) is 3.02. The van der Waals surface area contributed by atoms with Crippen LogP contribution in [0.25, 0.3) is 0 Å². The van der Waals surface area contributed by atoms with Crippen LogP contribution < -0.4 is 16.2 Å². The summed E-state index contributed by atoms with van der Waals surface area (Å²) < 4.78 is 5.08. The molecule has 2 aromatic carbocycles. The third-order valence-corrected chi connectivity index (χ3v) is 6.02. The Bertz CT molecular complexity index is 676. The van der Waals surface area contributed by atoms with Gasteiger partial charge in [-0.05, 0) is 23.3 Å². The van der Waals surface area contributed by atoms with Crippen molar-refractivity contribution in [1.29, 1.82) is 0 Å². The molecule has 0 saturated carbocycles. The lowest BCUT2D eigenvalue weighted by molar-refractivity contribution is -0.117. The highest BCUT2D eigenvalue weighted by Crippen LogP contribution is 2.15. The molecule has 5 heteroatoms. The minimum absolute atomic E-state index is 0.213. The number of nitrogens with two attached hydrogens (primary N) is 1. The Kier molecular flexibility index (Phi) is 5.93. The number of hydrogen-bond acceptors (Lipinski definition) is 3. The van der Waals surface area contributed by atoms with Crippen molar-refractivity contribution in [2.45, 2.75) is 32.3 Å². The van der Waals surface area contributed by atoms with Crippen LogP contribution in [-0.4, -0.2) is 21.1 Å². The van der Waals surface area contributed by atoms with E-state index in [1.165, 1.54) is 5.19 Å². The van der Waals surface area contributed by atoms with Gasteiger partial charge in [0, 0.05) is 12.8 Å². The first kappa shape index (κ1) is 18.4. The van der Waals surface area contributed by atoms with Gasteiger partial charge in [0.05, 0.1) is 14.7 Å². The molecule has 2 aromatic rings. The molecule has 0 unspecified atom stereocenters. The summed E-state index contributed by atoms with van der Waals surface area (Å²) >= 11 is 0. The molecule has 0 bridgehead atoms. The van der Waals surface area contributed by atoms with Gasteiger partial charge in [-0.2, -0.15) is 0 Å². The maximum absolute atomic E-state index is 12.4. The fourth-order valence-electron chi connectivity index (χ4n) is 2.41. The fraction of sp³-hybridized carbons (Fsp3) is 0.316. The van der Waals surface area contributed by atoms with Crippen LogP contribution in [0.5, 0.6) is 0 Å². The van der Waals surface area contributed by atoms with Gasteiger partial charge in [-0.3, -0.25) is 4.79 Å². The van der Waals surface area contributed by atoms with E-state index in [1.54, 1.807) is 7.11 Å². The van der Waals surface area contributed by atoms with Gasteiger partial charge in [0.25, 0.3) is 0 Å². The number of hydrogen-bond donors (Lipinski definition) is 2. The van der Waals surface area contributed by atoms with Crippen LogP contribution in [-0.2, 0) is 16.1 Å². The van der Waals surface area contributed by atoms with Crippen molar-refractivity contribution in [2.24, 2.45) is 5.73 Å². The van der Waals surface area contributed by atoms with Crippen LogP contribution in [0.3, 0.4) is 0 Å². The lowest BCUT2D eigenvalue weighted by Crippen LogP contribution is -2.37. The summed E-state index contributed by atoms with van der Waals surface area (Å²) in [5.41, 5.74) is 8.68. The molecule has 0 fully saturated rings. The zero-order valence-electron chi connectivity index (χ0n) is 14.8. The average Bonchev–Trinajstić information content (AvgIpc) is 2.55. The summed E-state index contributed by atoms with van der Waals surface area (Å²) in [5.74, 6) is -0.213. The Labute approximate surface area is 145 Å². The van der Waals surface area contributed by atoms with Gasteiger partial charge in [0.1, 0.15) is 6.04 Å². The zero-order chi connectivity index (χ0) is 17.7. The number of benzene rings is 2. The van der Waals surface area contributed by atoms with E-state index >= 15 is 0 Å². The van der Waals surface area contributed by atoms with Crippen molar-refractivity contribution < 1.29 is 9.53 Å². The molecule has 0 aromatic heterocycles. The molecule has 0 radical (unpaired) electrons. The van der Waals surface area contributed by atoms with Crippen LogP contribution >= 0.6 is 0 Å².